The van der Waals surface area contributed by atoms with E-state index in [-0.39, 0.29) is 28.3 Å². The molecule has 9 nitrogen and oxygen atoms in total. The highest BCUT2D eigenvalue weighted by Crippen LogP contribution is 2.18. The van der Waals surface area contributed by atoms with Crippen molar-refractivity contribution in [3.8, 4) is 6.07 Å². The summed E-state index contributed by atoms with van der Waals surface area (Å²) in [6, 6.07) is 13.1. The van der Waals surface area contributed by atoms with E-state index in [1.54, 1.807) is 18.2 Å². The number of carbonyl (C=O) groups is 2. The fraction of sp³-hybridized carbons (Fsp3) is 0.190. The molecule has 0 aliphatic heterocycles. The van der Waals surface area contributed by atoms with E-state index in [1.807, 2.05) is 6.92 Å². The van der Waals surface area contributed by atoms with Gasteiger partial charge in [-0.05, 0) is 42.8 Å². The Labute approximate surface area is 180 Å². The molecule has 0 bridgehead atoms. The number of benzene rings is 2. The van der Waals surface area contributed by atoms with E-state index in [4.69, 9.17) is 9.29 Å². The highest BCUT2D eigenvalue weighted by atomic mass is 32.2. The summed E-state index contributed by atoms with van der Waals surface area (Å²) in [6.45, 7) is 2.23. The third-order valence-electron chi connectivity index (χ3n) is 4.03. The van der Waals surface area contributed by atoms with Crippen LogP contribution in [-0.2, 0) is 19.6 Å². The Morgan fingerprint density at radius 2 is 1.84 bits per heavy atom. The first-order chi connectivity index (χ1) is 14.8. The van der Waals surface area contributed by atoms with Crippen LogP contribution in [0.5, 0.6) is 0 Å². The van der Waals surface area contributed by atoms with Gasteiger partial charge in [0.2, 0.25) is 0 Å². The number of amides is 1. The van der Waals surface area contributed by atoms with Crippen molar-refractivity contribution in [3.05, 3.63) is 65.9 Å². The second-order valence-corrected chi connectivity index (χ2v) is 7.72. The van der Waals surface area contributed by atoms with Crippen molar-refractivity contribution >= 4 is 33.4 Å². The standard InChI is InChI=1S/C21H21N3O6S/c1-2-3-12-30-21(26)18-6-4-5-7-19(18)24-20(25)15(13-22)14-23-16-8-10-17(11-9-16)31(27,28)29/h4-11,14,23H,2-3,12H2,1H3,(H,24,25)(H,27,28,29)/b15-14-. The molecule has 0 spiro atoms. The summed E-state index contributed by atoms with van der Waals surface area (Å²) in [5, 5.41) is 14.5. The molecular formula is C21H21N3O6S. The van der Waals surface area contributed by atoms with Crippen LogP contribution in [0.25, 0.3) is 0 Å². The first kappa shape index (κ1) is 23.6. The molecule has 10 heteroatoms. The van der Waals surface area contributed by atoms with Gasteiger partial charge >= 0.3 is 5.97 Å². The van der Waals surface area contributed by atoms with Gasteiger partial charge in [-0.1, -0.05) is 25.5 Å². The zero-order valence-corrected chi connectivity index (χ0v) is 17.5. The summed E-state index contributed by atoms with van der Waals surface area (Å²) in [7, 11) is -4.32. The minimum Gasteiger partial charge on any atom is -0.462 e. The molecule has 31 heavy (non-hydrogen) atoms. The molecular weight excluding hydrogens is 422 g/mol. The Kier molecular flexibility index (Phi) is 8.31. The van der Waals surface area contributed by atoms with Crippen LogP contribution in [0.4, 0.5) is 11.4 Å². The lowest BCUT2D eigenvalue weighted by Crippen LogP contribution is -2.18. The van der Waals surface area contributed by atoms with Crippen molar-refractivity contribution in [2.24, 2.45) is 0 Å². The maximum Gasteiger partial charge on any atom is 0.340 e. The molecule has 0 atom stereocenters. The summed E-state index contributed by atoms with van der Waals surface area (Å²) < 4.78 is 36.3. The Bertz CT molecular complexity index is 1120. The molecule has 0 aliphatic rings. The summed E-state index contributed by atoms with van der Waals surface area (Å²) >= 11 is 0. The zero-order chi connectivity index (χ0) is 22.9. The Morgan fingerprint density at radius 3 is 2.45 bits per heavy atom. The maximum atomic E-state index is 12.5. The fourth-order valence-corrected chi connectivity index (χ4v) is 2.85. The number of nitrogens with one attached hydrogen (secondary N) is 2. The van der Waals surface area contributed by atoms with Gasteiger partial charge in [0.25, 0.3) is 16.0 Å². The van der Waals surface area contributed by atoms with Gasteiger partial charge in [0.1, 0.15) is 11.6 Å². The maximum absolute atomic E-state index is 12.5. The van der Waals surface area contributed by atoms with Crippen LogP contribution < -0.4 is 10.6 Å². The molecule has 0 saturated heterocycles. The first-order valence-corrected chi connectivity index (χ1v) is 10.7. The van der Waals surface area contributed by atoms with Crippen molar-refractivity contribution in [2.45, 2.75) is 24.7 Å². The summed E-state index contributed by atoms with van der Waals surface area (Å²) in [5.41, 5.74) is 0.464. The number of esters is 1. The van der Waals surface area contributed by atoms with Gasteiger partial charge in [-0.2, -0.15) is 13.7 Å². The van der Waals surface area contributed by atoms with E-state index >= 15 is 0 Å². The van der Waals surface area contributed by atoms with Gasteiger partial charge in [-0.15, -0.1) is 0 Å². The van der Waals surface area contributed by atoms with Gasteiger partial charge in [0, 0.05) is 11.9 Å². The van der Waals surface area contributed by atoms with Crippen LogP contribution in [-0.4, -0.2) is 31.5 Å². The molecule has 0 saturated carbocycles. The molecule has 0 aromatic heterocycles. The van der Waals surface area contributed by atoms with Crippen LogP contribution in [0.15, 0.2) is 65.2 Å². The van der Waals surface area contributed by atoms with Gasteiger partial charge in [-0.3, -0.25) is 9.35 Å². The van der Waals surface area contributed by atoms with Crippen LogP contribution >= 0.6 is 0 Å². The predicted molar refractivity (Wildman–Crippen MR) is 114 cm³/mol. The zero-order valence-electron chi connectivity index (χ0n) is 16.7. The van der Waals surface area contributed by atoms with E-state index in [9.17, 15) is 23.3 Å². The topological polar surface area (TPSA) is 146 Å². The number of unbranched alkanes of at least 4 members (excludes halogenated alkanes) is 1. The second kappa shape index (κ2) is 10.9. The molecule has 162 valence electrons. The second-order valence-electron chi connectivity index (χ2n) is 6.30. The molecule has 3 N–H and O–H groups in total. The normalized spacial score (nSPS) is 11.3. The monoisotopic (exact) mass is 443 g/mol. The number of anilines is 2. The lowest BCUT2D eigenvalue weighted by Gasteiger charge is -2.10. The number of ether oxygens (including phenoxy) is 1. The van der Waals surface area contributed by atoms with Crippen LogP contribution in [0.2, 0.25) is 0 Å². The van der Waals surface area contributed by atoms with Crippen molar-refractivity contribution in [1.82, 2.24) is 0 Å². The summed E-state index contributed by atoms with van der Waals surface area (Å²) in [6.07, 6.45) is 2.73. The molecule has 0 fully saturated rings. The highest BCUT2D eigenvalue weighted by molar-refractivity contribution is 7.85. The smallest absolute Gasteiger partial charge is 0.340 e. The van der Waals surface area contributed by atoms with Crippen LogP contribution in [0.1, 0.15) is 30.1 Å². The molecule has 0 heterocycles. The molecule has 0 aliphatic carbocycles. The Hall–Kier alpha value is -3.68. The van der Waals surface area contributed by atoms with Crippen LogP contribution in [0.3, 0.4) is 0 Å². The number of rotatable bonds is 9. The van der Waals surface area contributed by atoms with Crippen LogP contribution in [0, 0.1) is 11.3 Å². The average molecular weight is 443 g/mol. The number of hydrogen-bond acceptors (Lipinski definition) is 7. The van der Waals surface area contributed by atoms with E-state index < -0.39 is 22.0 Å². The average Bonchev–Trinajstić information content (AvgIpc) is 2.74. The number of nitriles is 1. The molecule has 1 amide bonds. The predicted octanol–water partition coefficient (Wildman–Crippen LogP) is 3.35. The molecule has 0 unspecified atom stereocenters. The van der Waals surface area contributed by atoms with E-state index in [2.05, 4.69) is 10.6 Å². The SMILES string of the molecule is CCCCOC(=O)c1ccccc1NC(=O)/C(C#N)=C\Nc1ccc(S(=O)(=O)O)cc1. The van der Waals surface area contributed by atoms with Crippen molar-refractivity contribution in [1.29, 1.82) is 5.26 Å². The van der Waals surface area contributed by atoms with Crippen molar-refractivity contribution in [3.63, 3.8) is 0 Å². The molecule has 0 radical (unpaired) electrons. The Morgan fingerprint density at radius 1 is 1.16 bits per heavy atom. The quantitative estimate of drug-likeness (QED) is 0.176. The van der Waals surface area contributed by atoms with Gasteiger partial charge in [0.05, 0.1) is 22.8 Å². The molecule has 2 aromatic rings. The highest BCUT2D eigenvalue weighted by Gasteiger charge is 2.16. The Balaban J connectivity index is 2.11. The summed E-state index contributed by atoms with van der Waals surface area (Å²) in [4.78, 5) is 24.4. The van der Waals surface area contributed by atoms with Crippen molar-refractivity contribution in [2.75, 3.05) is 17.2 Å². The third-order valence-corrected chi connectivity index (χ3v) is 4.89. The number of hydrogen-bond donors (Lipinski definition) is 3. The fourth-order valence-electron chi connectivity index (χ4n) is 2.37. The van der Waals surface area contributed by atoms with E-state index in [1.165, 1.54) is 24.3 Å². The van der Waals surface area contributed by atoms with E-state index in [0.717, 1.165) is 31.2 Å². The van der Waals surface area contributed by atoms with E-state index in [0.29, 0.717) is 5.69 Å². The van der Waals surface area contributed by atoms with Crippen molar-refractivity contribution < 1.29 is 27.3 Å². The van der Waals surface area contributed by atoms with Gasteiger partial charge < -0.3 is 15.4 Å². The minimum atomic E-state index is -4.32. The summed E-state index contributed by atoms with van der Waals surface area (Å²) in [5.74, 6) is -1.33. The van der Waals surface area contributed by atoms with Gasteiger partial charge in [0.15, 0.2) is 0 Å². The number of nitrogens with zero attached hydrogens (tertiary/aromatic N) is 1. The first-order valence-electron chi connectivity index (χ1n) is 9.28. The van der Waals surface area contributed by atoms with Gasteiger partial charge in [-0.25, -0.2) is 4.79 Å². The molecule has 2 rings (SSSR count). The molecule has 2 aromatic carbocycles. The number of carbonyl (C=O) groups excluding carboxylic acids is 2. The number of para-hydroxylation sites is 1. The lowest BCUT2D eigenvalue weighted by molar-refractivity contribution is -0.112. The largest absolute Gasteiger partial charge is 0.462 e. The minimum absolute atomic E-state index is 0.165. The third kappa shape index (κ3) is 6.95. The lowest BCUT2D eigenvalue weighted by atomic mass is 10.1.